The summed E-state index contributed by atoms with van der Waals surface area (Å²) < 4.78 is 180. The molecule has 0 heterocycles. The predicted octanol–water partition coefficient (Wildman–Crippen LogP) is 6.74. The van der Waals surface area contributed by atoms with E-state index < -0.39 is 69.4 Å². The Morgan fingerprint density at radius 2 is 1.21 bits per heavy atom. The van der Waals surface area contributed by atoms with E-state index in [1.807, 2.05) is 0 Å². The summed E-state index contributed by atoms with van der Waals surface area (Å²) in [6.07, 6.45) is -7.53. The summed E-state index contributed by atoms with van der Waals surface area (Å²) in [6.45, 7) is 0. The standard InChI is InChI=1S/C18H9F13O3/c1-34-10-6-5-7-8(3-2-4-9(7)12(32)33)11(10)13(19,20)14(21,22)15(23,24)16(25,26)17(27,28)18(29,30)31/h2-6H,1H3,(H,32,33). The van der Waals surface area contributed by atoms with Crippen molar-refractivity contribution in [2.24, 2.45) is 0 Å². The summed E-state index contributed by atoms with van der Waals surface area (Å²) in [4.78, 5) is 11.2. The third-order valence-corrected chi connectivity index (χ3v) is 4.72. The zero-order valence-corrected chi connectivity index (χ0v) is 16.1. The molecule has 0 aliphatic carbocycles. The van der Waals surface area contributed by atoms with E-state index in [9.17, 15) is 61.9 Å². The maximum atomic E-state index is 14.8. The molecule has 0 aliphatic rings. The van der Waals surface area contributed by atoms with Crippen LogP contribution in [0, 0.1) is 0 Å². The molecule has 0 radical (unpaired) electrons. The molecule has 2 aromatic rings. The fraction of sp³-hybridized carbons (Fsp3) is 0.389. The maximum Gasteiger partial charge on any atom is 0.460 e. The zero-order valence-electron chi connectivity index (χ0n) is 16.1. The summed E-state index contributed by atoms with van der Waals surface area (Å²) in [6, 6.07) is 2.93. The average Bonchev–Trinajstić information content (AvgIpc) is 2.70. The molecule has 2 rings (SSSR count). The molecule has 0 aromatic heterocycles. The SMILES string of the molecule is COc1ccc2c(C(=O)O)cccc2c1C(F)(F)C(F)(F)C(F)(F)C(F)(F)C(F)(F)C(F)(F)F. The second-order valence-corrected chi connectivity index (χ2v) is 6.72. The number of carboxylic acids is 1. The van der Waals surface area contributed by atoms with Crippen LogP contribution in [0.2, 0.25) is 0 Å². The van der Waals surface area contributed by atoms with Gasteiger partial charge in [-0.05, 0) is 29.0 Å². The van der Waals surface area contributed by atoms with Gasteiger partial charge >= 0.3 is 41.8 Å². The van der Waals surface area contributed by atoms with Crippen molar-refractivity contribution in [1.82, 2.24) is 0 Å². The van der Waals surface area contributed by atoms with Crippen LogP contribution in [0.4, 0.5) is 57.1 Å². The Morgan fingerprint density at radius 3 is 1.65 bits per heavy atom. The molecular weight excluding hydrogens is 511 g/mol. The third-order valence-electron chi connectivity index (χ3n) is 4.72. The van der Waals surface area contributed by atoms with Crippen LogP contribution < -0.4 is 4.74 Å². The van der Waals surface area contributed by atoms with E-state index in [0.717, 1.165) is 6.07 Å². The van der Waals surface area contributed by atoms with Gasteiger partial charge in [-0.25, -0.2) is 4.79 Å². The number of methoxy groups -OCH3 is 1. The van der Waals surface area contributed by atoms with Crippen molar-refractivity contribution in [2.45, 2.75) is 35.8 Å². The Morgan fingerprint density at radius 1 is 0.706 bits per heavy atom. The van der Waals surface area contributed by atoms with Crippen molar-refractivity contribution in [3.05, 3.63) is 41.5 Å². The van der Waals surface area contributed by atoms with Gasteiger partial charge in [0, 0.05) is 0 Å². The van der Waals surface area contributed by atoms with E-state index in [4.69, 9.17) is 5.11 Å². The lowest BCUT2D eigenvalue weighted by Crippen LogP contribution is -2.69. The lowest BCUT2D eigenvalue weighted by Gasteiger charge is -2.40. The first-order chi connectivity index (χ1) is 15.1. The van der Waals surface area contributed by atoms with Gasteiger partial charge in [0.05, 0.1) is 18.2 Å². The molecule has 190 valence electrons. The molecule has 34 heavy (non-hydrogen) atoms. The van der Waals surface area contributed by atoms with Crippen LogP contribution in [0.3, 0.4) is 0 Å². The Kier molecular flexibility index (Phi) is 6.26. The number of halogens is 13. The van der Waals surface area contributed by atoms with E-state index in [1.54, 1.807) is 0 Å². The van der Waals surface area contributed by atoms with Gasteiger partial charge in [-0.1, -0.05) is 12.1 Å². The van der Waals surface area contributed by atoms with Gasteiger partial charge in [0.25, 0.3) is 0 Å². The van der Waals surface area contributed by atoms with Crippen LogP contribution in [0.25, 0.3) is 10.8 Å². The fourth-order valence-corrected chi connectivity index (χ4v) is 2.94. The largest absolute Gasteiger partial charge is 0.496 e. The van der Waals surface area contributed by atoms with Crippen LogP contribution in [-0.2, 0) is 5.92 Å². The van der Waals surface area contributed by atoms with Gasteiger partial charge in [0.1, 0.15) is 5.75 Å². The maximum absolute atomic E-state index is 14.8. The molecule has 0 amide bonds. The average molecular weight is 520 g/mol. The molecule has 3 nitrogen and oxygen atoms in total. The molecule has 0 bridgehead atoms. The lowest BCUT2D eigenvalue weighted by molar-refractivity contribution is -0.441. The Labute approximate surface area is 179 Å². The molecule has 0 saturated heterocycles. The Bertz CT molecular complexity index is 1110. The fourth-order valence-electron chi connectivity index (χ4n) is 2.94. The van der Waals surface area contributed by atoms with E-state index in [0.29, 0.717) is 31.4 Å². The van der Waals surface area contributed by atoms with Crippen molar-refractivity contribution >= 4 is 16.7 Å². The zero-order chi connectivity index (χ0) is 26.7. The van der Waals surface area contributed by atoms with E-state index in [1.165, 1.54) is 0 Å². The van der Waals surface area contributed by atoms with Crippen LogP contribution in [0.1, 0.15) is 15.9 Å². The number of carboxylic acid groups (broad SMARTS) is 1. The minimum absolute atomic E-state index is 0.356. The van der Waals surface area contributed by atoms with Crippen molar-refractivity contribution in [1.29, 1.82) is 0 Å². The number of rotatable bonds is 7. The summed E-state index contributed by atoms with van der Waals surface area (Å²) >= 11 is 0. The topological polar surface area (TPSA) is 46.5 Å². The number of carbonyl (C=O) groups is 1. The Balaban J connectivity index is 2.90. The van der Waals surface area contributed by atoms with Crippen molar-refractivity contribution < 1.29 is 71.7 Å². The first-order valence-electron chi connectivity index (χ1n) is 8.40. The predicted molar refractivity (Wildman–Crippen MR) is 87.2 cm³/mol. The first kappa shape index (κ1) is 27.3. The molecule has 0 spiro atoms. The molecular formula is C18H9F13O3. The van der Waals surface area contributed by atoms with Crippen LogP contribution in [-0.4, -0.2) is 48.1 Å². The monoisotopic (exact) mass is 520 g/mol. The molecule has 1 N–H and O–H groups in total. The molecule has 0 aliphatic heterocycles. The number of ether oxygens (including phenoxy) is 1. The molecule has 2 aromatic carbocycles. The normalized spacial score (nSPS) is 14.4. The van der Waals surface area contributed by atoms with Gasteiger partial charge in [-0.2, -0.15) is 57.1 Å². The molecule has 0 fully saturated rings. The van der Waals surface area contributed by atoms with Gasteiger partial charge < -0.3 is 9.84 Å². The van der Waals surface area contributed by atoms with Crippen molar-refractivity contribution in [3.63, 3.8) is 0 Å². The van der Waals surface area contributed by atoms with Crippen molar-refractivity contribution in [2.75, 3.05) is 7.11 Å². The third kappa shape index (κ3) is 3.48. The summed E-state index contributed by atoms with van der Waals surface area (Å²) in [5, 5.41) is 6.99. The quantitative estimate of drug-likeness (QED) is 0.412. The molecule has 0 unspecified atom stereocenters. The van der Waals surface area contributed by atoms with Crippen LogP contribution in [0.5, 0.6) is 5.75 Å². The van der Waals surface area contributed by atoms with E-state index in [2.05, 4.69) is 4.74 Å². The number of aromatic carboxylic acids is 1. The van der Waals surface area contributed by atoms with Crippen LogP contribution in [0.15, 0.2) is 30.3 Å². The number of hydrogen-bond donors (Lipinski definition) is 1. The second-order valence-electron chi connectivity index (χ2n) is 6.72. The van der Waals surface area contributed by atoms with Gasteiger partial charge in [0.2, 0.25) is 0 Å². The number of fused-ring (bicyclic) bond motifs is 1. The minimum Gasteiger partial charge on any atom is -0.496 e. The highest BCUT2D eigenvalue weighted by atomic mass is 19.4. The first-order valence-corrected chi connectivity index (χ1v) is 8.40. The van der Waals surface area contributed by atoms with Gasteiger partial charge in [0.15, 0.2) is 0 Å². The number of benzene rings is 2. The summed E-state index contributed by atoms with van der Waals surface area (Å²) in [7, 11) is 0.518. The van der Waals surface area contributed by atoms with Gasteiger partial charge in [-0.15, -0.1) is 0 Å². The molecule has 0 atom stereocenters. The van der Waals surface area contributed by atoms with E-state index in [-0.39, 0.29) is 0 Å². The van der Waals surface area contributed by atoms with E-state index >= 15 is 0 Å². The van der Waals surface area contributed by atoms with Crippen LogP contribution >= 0.6 is 0 Å². The minimum atomic E-state index is -8.06. The highest BCUT2D eigenvalue weighted by Gasteiger charge is 2.91. The molecule has 16 heteroatoms. The lowest BCUT2D eigenvalue weighted by atomic mass is 9.87. The highest BCUT2D eigenvalue weighted by molar-refractivity contribution is 6.05. The highest BCUT2D eigenvalue weighted by Crippen LogP contribution is 2.63. The van der Waals surface area contributed by atoms with Gasteiger partial charge in [-0.3, -0.25) is 0 Å². The number of alkyl halides is 13. The smallest absolute Gasteiger partial charge is 0.460 e. The molecule has 0 saturated carbocycles. The summed E-state index contributed by atoms with van der Waals surface area (Å²) in [5.74, 6) is -41.4. The second kappa shape index (κ2) is 7.80. The summed E-state index contributed by atoms with van der Waals surface area (Å²) in [5.41, 5.74) is -3.22. The van der Waals surface area contributed by atoms with Crippen molar-refractivity contribution in [3.8, 4) is 5.75 Å². The number of hydrogen-bond acceptors (Lipinski definition) is 2. The Hall–Kier alpha value is -2.94.